The molecule has 0 aromatic heterocycles. The van der Waals surface area contributed by atoms with E-state index >= 15 is 0 Å². The lowest BCUT2D eigenvalue weighted by molar-refractivity contribution is -0.364. The monoisotopic (exact) mass is 612 g/mol. The first-order valence-corrected chi connectivity index (χ1v) is 13.1. The second kappa shape index (κ2) is 12.3. The van der Waals surface area contributed by atoms with Crippen molar-refractivity contribution in [2.75, 3.05) is 13.2 Å². The third-order valence-electron chi connectivity index (χ3n) is 7.41. The predicted octanol–water partition coefficient (Wildman–Crippen LogP) is -2.38. The van der Waals surface area contributed by atoms with Gasteiger partial charge in [-0.15, -0.1) is 0 Å². The molecule has 3 aliphatic heterocycles. The van der Waals surface area contributed by atoms with Gasteiger partial charge in [0.05, 0.1) is 18.8 Å². The fraction of sp³-hybridized carbons (Fsp3) is 0.481. The third kappa shape index (κ3) is 5.89. The lowest BCUT2D eigenvalue weighted by Crippen LogP contribution is -2.64. The van der Waals surface area contributed by atoms with E-state index in [0.717, 1.165) is 12.1 Å². The van der Waals surface area contributed by atoms with Gasteiger partial charge in [0.2, 0.25) is 6.29 Å². The number of hydrogen-bond acceptors (Lipinski definition) is 16. The molecule has 16 heteroatoms. The number of rotatable bonds is 7. The molecule has 5 rings (SSSR count). The summed E-state index contributed by atoms with van der Waals surface area (Å²) in [5, 5.41) is 112. The Labute approximate surface area is 243 Å². The van der Waals surface area contributed by atoms with E-state index < -0.39 is 98.0 Å². The zero-order valence-corrected chi connectivity index (χ0v) is 22.2. The molecule has 43 heavy (non-hydrogen) atoms. The minimum Gasteiger partial charge on any atom is -0.508 e. The van der Waals surface area contributed by atoms with Crippen LogP contribution in [0.4, 0.5) is 0 Å². The van der Waals surface area contributed by atoms with Crippen molar-refractivity contribution in [1.82, 2.24) is 0 Å². The largest absolute Gasteiger partial charge is 0.508 e. The number of ether oxygens (including phenoxy) is 5. The molecule has 3 aliphatic rings. The van der Waals surface area contributed by atoms with E-state index in [0.29, 0.717) is 0 Å². The second-order valence-electron chi connectivity index (χ2n) is 10.3. The molecule has 11 atom stereocenters. The molecule has 2 fully saturated rings. The van der Waals surface area contributed by atoms with Gasteiger partial charge in [-0.1, -0.05) is 6.07 Å². The van der Waals surface area contributed by atoms with E-state index in [9.17, 15) is 56.2 Å². The zero-order chi connectivity index (χ0) is 31.2. The summed E-state index contributed by atoms with van der Waals surface area (Å²) in [6.07, 6.45) is -17.0. The average Bonchev–Trinajstić information content (AvgIpc) is 2.98. The number of hydrogen-bond donors (Lipinski definition) is 11. The van der Waals surface area contributed by atoms with Gasteiger partial charge in [0.15, 0.2) is 30.0 Å². The van der Waals surface area contributed by atoms with E-state index in [4.69, 9.17) is 23.7 Å². The summed E-state index contributed by atoms with van der Waals surface area (Å²) >= 11 is 0. The van der Waals surface area contributed by atoms with Gasteiger partial charge in [-0.3, -0.25) is 0 Å². The summed E-state index contributed by atoms with van der Waals surface area (Å²) < 4.78 is 28.7. The van der Waals surface area contributed by atoms with Crippen molar-refractivity contribution in [3.05, 3.63) is 47.2 Å². The van der Waals surface area contributed by atoms with Crippen LogP contribution in [0.15, 0.2) is 36.1 Å². The number of aliphatic hydroxyl groups is 7. The highest BCUT2D eigenvalue weighted by atomic mass is 16.8. The van der Waals surface area contributed by atoms with Crippen molar-refractivity contribution in [2.24, 2.45) is 0 Å². The summed E-state index contributed by atoms with van der Waals surface area (Å²) in [5.41, 5.74) is 0.255. The Bertz CT molecular complexity index is 1330. The Balaban J connectivity index is 1.52. The van der Waals surface area contributed by atoms with Crippen LogP contribution in [-0.4, -0.2) is 131 Å². The van der Waals surface area contributed by atoms with E-state index in [1.54, 1.807) is 0 Å². The van der Waals surface area contributed by atoms with E-state index in [-0.39, 0.29) is 28.4 Å². The molecule has 16 nitrogen and oxygen atoms in total. The maximum absolute atomic E-state index is 11.0. The van der Waals surface area contributed by atoms with Crippen molar-refractivity contribution in [3.63, 3.8) is 0 Å². The van der Waals surface area contributed by atoms with Gasteiger partial charge < -0.3 is 79.9 Å². The van der Waals surface area contributed by atoms with Crippen molar-refractivity contribution in [1.29, 1.82) is 0 Å². The molecule has 2 aromatic carbocycles. The van der Waals surface area contributed by atoms with E-state index in [1.165, 1.54) is 24.3 Å². The van der Waals surface area contributed by atoms with Gasteiger partial charge in [-0.2, -0.15) is 0 Å². The number of fused-ring (bicyclic) bond motifs is 1. The Kier molecular flexibility index (Phi) is 8.87. The van der Waals surface area contributed by atoms with Gasteiger partial charge in [0, 0.05) is 17.7 Å². The Hall–Kier alpha value is -3.42. The fourth-order valence-electron chi connectivity index (χ4n) is 5.04. The lowest BCUT2D eigenvalue weighted by Gasteiger charge is -2.46. The predicted molar refractivity (Wildman–Crippen MR) is 138 cm³/mol. The molecule has 0 amide bonds. The fourth-order valence-corrected chi connectivity index (χ4v) is 5.04. The minimum absolute atomic E-state index is 0.00443. The first kappa shape index (κ1) is 31.0. The number of aliphatic hydroxyl groups excluding tert-OH is 7. The maximum Gasteiger partial charge on any atom is 0.229 e. The van der Waals surface area contributed by atoms with Gasteiger partial charge in [0.1, 0.15) is 65.7 Å². The van der Waals surface area contributed by atoms with Crippen LogP contribution in [0.5, 0.6) is 28.7 Å². The van der Waals surface area contributed by atoms with Gasteiger partial charge in [-0.05, 0) is 18.2 Å². The molecule has 2 aromatic rings. The highest BCUT2D eigenvalue weighted by Gasteiger charge is 2.52. The van der Waals surface area contributed by atoms with Gasteiger partial charge in [-0.25, -0.2) is 0 Å². The summed E-state index contributed by atoms with van der Waals surface area (Å²) in [7, 11) is 0. The Morgan fingerprint density at radius 3 is 1.98 bits per heavy atom. The SMILES string of the molecule is OC[C@H]1O[C@@H](O[C@H]2[C@H](OC3=Cc4c(O)cc(O)cc4OC3c3ccc(O)c(O)c3)O[C@H](CO)[C@@H](O)[C@@H]2O)[C@H](O)[C@@H](O)[C@@H]1O. The summed E-state index contributed by atoms with van der Waals surface area (Å²) in [4.78, 5) is 0. The molecular formula is C27H32O16. The van der Waals surface area contributed by atoms with Crippen LogP contribution in [0.25, 0.3) is 6.08 Å². The van der Waals surface area contributed by atoms with Gasteiger partial charge >= 0.3 is 0 Å². The molecule has 2 saturated heterocycles. The highest BCUT2D eigenvalue weighted by molar-refractivity contribution is 5.69. The molecule has 0 spiro atoms. The zero-order valence-electron chi connectivity index (χ0n) is 22.2. The van der Waals surface area contributed by atoms with Gasteiger partial charge in [0.25, 0.3) is 0 Å². The first-order valence-electron chi connectivity index (χ1n) is 13.1. The molecule has 1 unspecified atom stereocenters. The van der Waals surface area contributed by atoms with Crippen LogP contribution in [0.1, 0.15) is 17.2 Å². The smallest absolute Gasteiger partial charge is 0.229 e. The van der Waals surface area contributed by atoms with Crippen molar-refractivity contribution >= 4 is 6.08 Å². The average molecular weight is 613 g/mol. The maximum atomic E-state index is 11.0. The topological polar surface area (TPSA) is 269 Å². The Morgan fingerprint density at radius 1 is 0.674 bits per heavy atom. The number of phenolic OH excluding ortho intramolecular Hbond substituents is 4. The number of phenols is 4. The number of benzene rings is 2. The van der Waals surface area contributed by atoms with E-state index in [1.807, 2.05) is 0 Å². The van der Waals surface area contributed by atoms with Crippen LogP contribution >= 0.6 is 0 Å². The molecule has 0 bridgehead atoms. The summed E-state index contributed by atoms with van der Waals surface area (Å²) in [5.74, 6) is -1.83. The minimum atomic E-state index is -1.89. The van der Waals surface area contributed by atoms with Crippen LogP contribution in [-0.2, 0) is 18.9 Å². The molecule has 0 aliphatic carbocycles. The van der Waals surface area contributed by atoms with Crippen LogP contribution in [0, 0.1) is 0 Å². The van der Waals surface area contributed by atoms with Crippen molar-refractivity contribution < 1.29 is 79.9 Å². The molecule has 0 radical (unpaired) electrons. The normalized spacial score (nSPS) is 35.9. The molecule has 236 valence electrons. The summed E-state index contributed by atoms with van der Waals surface area (Å²) in [6, 6.07) is 5.95. The van der Waals surface area contributed by atoms with Crippen LogP contribution in [0.3, 0.4) is 0 Å². The molecule has 0 saturated carbocycles. The quantitative estimate of drug-likeness (QED) is 0.146. The van der Waals surface area contributed by atoms with Crippen molar-refractivity contribution in [3.8, 4) is 28.7 Å². The second-order valence-corrected chi connectivity index (χ2v) is 10.3. The van der Waals surface area contributed by atoms with Crippen LogP contribution in [0.2, 0.25) is 0 Å². The van der Waals surface area contributed by atoms with Crippen LogP contribution < -0.4 is 4.74 Å². The lowest BCUT2D eigenvalue weighted by atomic mass is 9.97. The molecular weight excluding hydrogens is 580 g/mol. The van der Waals surface area contributed by atoms with Crippen molar-refractivity contribution in [2.45, 2.75) is 67.5 Å². The molecule has 11 N–H and O–H groups in total. The molecule has 3 heterocycles. The first-order chi connectivity index (χ1) is 20.4. The summed E-state index contributed by atoms with van der Waals surface area (Å²) in [6.45, 7) is -1.55. The standard InChI is InChI=1S/C27H32O16/c28-7-17-19(34)21(36)23(38)26(41-17)43-25-22(37)20(35)18(8-29)42-27(25)40-16-6-11-13(32)4-10(30)5-15(11)39-24(16)9-1-2-12(31)14(33)3-9/h1-6,17-38H,7-8H2/t17-,18-,19-,20-,21+,22+,23-,24?,25-,26+,27-/m1/s1. The Morgan fingerprint density at radius 2 is 1.33 bits per heavy atom. The number of aromatic hydroxyl groups is 4. The highest BCUT2D eigenvalue weighted by Crippen LogP contribution is 2.45. The third-order valence-corrected chi connectivity index (χ3v) is 7.41. The van der Waals surface area contributed by atoms with E-state index in [2.05, 4.69) is 0 Å².